The summed E-state index contributed by atoms with van der Waals surface area (Å²) in [5.41, 5.74) is 4.76. The van der Waals surface area contributed by atoms with Crippen LogP contribution < -0.4 is 5.46 Å². The molecule has 2 heterocycles. The van der Waals surface area contributed by atoms with Crippen LogP contribution >= 0.6 is 0 Å². The first-order valence-corrected chi connectivity index (χ1v) is 13.2. The Hall–Kier alpha value is -4.06. The first kappa shape index (κ1) is 24.0. The molecule has 0 aliphatic rings. The lowest BCUT2D eigenvalue weighted by Crippen LogP contribution is -2.49. The van der Waals surface area contributed by atoms with Crippen LogP contribution in [-0.4, -0.2) is 23.8 Å². The molecule has 1 N–H and O–H groups in total. The summed E-state index contributed by atoms with van der Waals surface area (Å²) in [5.74, 6) is 0. The predicted molar refractivity (Wildman–Crippen MR) is 161 cm³/mol. The van der Waals surface area contributed by atoms with Gasteiger partial charge in [-0.1, -0.05) is 48.5 Å². The van der Waals surface area contributed by atoms with Crippen molar-refractivity contribution < 1.29 is 18.6 Å². The van der Waals surface area contributed by atoms with Gasteiger partial charge >= 0.3 is 7.48 Å². The molecule has 0 aliphatic carbocycles. The Morgan fingerprint density at radius 1 is 0.590 bits per heavy atom. The fourth-order valence-electron chi connectivity index (χ4n) is 5.05. The van der Waals surface area contributed by atoms with E-state index >= 15 is 0 Å². The highest BCUT2D eigenvalue weighted by Crippen LogP contribution is 2.37. The van der Waals surface area contributed by atoms with Gasteiger partial charge in [0, 0.05) is 21.5 Å². The Morgan fingerprint density at radius 2 is 1.18 bits per heavy atom. The monoisotopic (exact) mass is 511 g/mol. The molecule has 0 aliphatic heterocycles. The summed E-state index contributed by atoms with van der Waals surface area (Å²) in [6.07, 6.45) is 0. The normalized spacial score (nSPS) is 12.8. The van der Waals surface area contributed by atoms with Gasteiger partial charge in [-0.2, -0.15) is 0 Å². The highest BCUT2D eigenvalue weighted by molar-refractivity contribution is 6.47. The van der Waals surface area contributed by atoms with Crippen LogP contribution in [0.3, 0.4) is 0 Å². The minimum Gasteiger partial charge on any atom is -0.456 e. The molecule has 0 bridgehead atoms. The summed E-state index contributed by atoms with van der Waals surface area (Å²) < 4.78 is 18.4. The zero-order chi connectivity index (χ0) is 26.9. The van der Waals surface area contributed by atoms with Crippen molar-refractivity contribution in [2.24, 2.45) is 0 Å². The Morgan fingerprint density at radius 3 is 1.95 bits per heavy atom. The quantitative estimate of drug-likeness (QED) is 0.237. The number of benzene rings is 5. The first-order chi connectivity index (χ1) is 18.7. The van der Waals surface area contributed by atoms with Crippen LogP contribution in [0.1, 0.15) is 27.7 Å². The Bertz CT molecular complexity index is 2040. The van der Waals surface area contributed by atoms with E-state index in [4.69, 9.17) is 13.5 Å². The van der Waals surface area contributed by atoms with Crippen molar-refractivity contribution in [3.05, 3.63) is 91.0 Å². The van der Waals surface area contributed by atoms with Gasteiger partial charge in [-0.05, 0) is 97.5 Å². The molecule has 1 radical (unpaired) electrons. The van der Waals surface area contributed by atoms with Crippen molar-refractivity contribution in [3.63, 3.8) is 0 Å². The zero-order valence-electron chi connectivity index (χ0n) is 22.4. The first-order valence-electron chi connectivity index (χ1n) is 13.2. The maximum Gasteiger partial charge on any atom is 0.331 e. The maximum absolute atomic E-state index is 10.4. The summed E-state index contributed by atoms with van der Waals surface area (Å²) in [4.78, 5) is 0. The van der Waals surface area contributed by atoms with Gasteiger partial charge in [0.15, 0.2) is 0 Å². The Labute approximate surface area is 227 Å². The van der Waals surface area contributed by atoms with Crippen LogP contribution in [-0.2, 0) is 4.65 Å². The molecule has 0 saturated carbocycles. The van der Waals surface area contributed by atoms with Crippen molar-refractivity contribution in [3.8, 4) is 11.1 Å². The van der Waals surface area contributed by atoms with Gasteiger partial charge in [-0.25, -0.2) is 0 Å². The largest absolute Gasteiger partial charge is 0.456 e. The van der Waals surface area contributed by atoms with Crippen LogP contribution in [0.2, 0.25) is 0 Å². The lowest BCUT2D eigenvalue weighted by molar-refractivity contribution is -0.0893. The average molecular weight is 511 g/mol. The fraction of sp³-hybridized carbons (Fsp3) is 0.176. The summed E-state index contributed by atoms with van der Waals surface area (Å²) in [6, 6.07) is 31.5. The molecule has 7 rings (SSSR count). The molecular weight excluding hydrogens is 483 g/mol. The predicted octanol–water partition coefficient (Wildman–Crippen LogP) is 8.12. The highest BCUT2D eigenvalue weighted by atomic mass is 16.5. The maximum atomic E-state index is 10.4. The van der Waals surface area contributed by atoms with Crippen LogP contribution in [0.25, 0.3) is 65.8 Å². The summed E-state index contributed by atoms with van der Waals surface area (Å²) in [7, 11) is 1.68. The van der Waals surface area contributed by atoms with Gasteiger partial charge in [0.1, 0.15) is 22.3 Å². The van der Waals surface area contributed by atoms with Crippen molar-refractivity contribution in [1.29, 1.82) is 0 Å². The molecule has 2 aromatic heterocycles. The van der Waals surface area contributed by atoms with E-state index in [1.54, 1.807) is 21.3 Å². The SMILES string of the molecule is CC(C)(O)C(C)(C)O[B]c1ccc2c(c1)oc1cc(-c3ccc4oc5cc6ccccc6cc5c4c3)ccc12. The van der Waals surface area contributed by atoms with Crippen molar-refractivity contribution in [2.75, 3.05) is 0 Å². The van der Waals surface area contributed by atoms with E-state index in [1.165, 1.54) is 10.8 Å². The molecule has 0 unspecified atom stereocenters. The van der Waals surface area contributed by atoms with Crippen molar-refractivity contribution >= 4 is 67.6 Å². The van der Waals surface area contributed by atoms with Crippen molar-refractivity contribution in [2.45, 2.75) is 38.9 Å². The highest BCUT2D eigenvalue weighted by Gasteiger charge is 2.35. The number of hydrogen-bond donors (Lipinski definition) is 1. The number of aliphatic hydroxyl groups is 1. The molecule has 39 heavy (non-hydrogen) atoms. The third-order valence-electron chi connectivity index (χ3n) is 8.13. The van der Waals surface area contributed by atoms with Gasteiger partial charge in [-0.3, -0.25) is 0 Å². The van der Waals surface area contributed by atoms with Gasteiger partial charge in [-0.15, -0.1) is 0 Å². The summed E-state index contributed by atoms with van der Waals surface area (Å²) in [5, 5.41) is 17.1. The molecule has 191 valence electrons. The number of furan rings is 2. The topological polar surface area (TPSA) is 55.7 Å². The molecule has 0 saturated heterocycles. The molecule has 0 amide bonds. The smallest absolute Gasteiger partial charge is 0.331 e. The summed E-state index contributed by atoms with van der Waals surface area (Å²) in [6.45, 7) is 7.23. The molecule has 5 heteroatoms. The second-order valence-corrected chi connectivity index (χ2v) is 11.4. The van der Waals surface area contributed by atoms with Crippen LogP contribution in [0, 0.1) is 0 Å². The minimum atomic E-state index is -0.983. The van der Waals surface area contributed by atoms with Gasteiger partial charge < -0.3 is 18.6 Å². The second kappa shape index (κ2) is 8.47. The molecule has 0 fully saturated rings. The number of hydrogen-bond acceptors (Lipinski definition) is 4. The van der Waals surface area contributed by atoms with E-state index in [1.807, 2.05) is 26.0 Å². The molecule has 5 aromatic carbocycles. The Kier molecular flexibility index (Phi) is 5.22. The number of fused-ring (bicyclic) bond motifs is 7. The summed E-state index contributed by atoms with van der Waals surface area (Å²) >= 11 is 0. The van der Waals surface area contributed by atoms with Gasteiger partial charge in [0.05, 0.1) is 11.2 Å². The zero-order valence-corrected chi connectivity index (χ0v) is 22.4. The molecule has 7 aromatic rings. The minimum absolute atomic E-state index is 0.737. The third-order valence-corrected chi connectivity index (χ3v) is 8.13. The standard InChI is InChI=1S/C34H28BO4/c1-33(2,36)34(3,4)39-35-24-11-13-26-25-12-9-23(18-30(25)38-32(26)19-24)22-10-14-29-27(16-22)28-15-20-7-5-6-8-21(20)17-31(28)37-29/h5-19,36H,1-4H3. The van der Waals surface area contributed by atoms with E-state index in [-0.39, 0.29) is 0 Å². The van der Waals surface area contributed by atoms with E-state index in [9.17, 15) is 5.11 Å². The van der Waals surface area contributed by atoms with Gasteiger partial charge in [0.2, 0.25) is 0 Å². The molecule has 4 nitrogen and oxygen atoms in total. The number of rotatable bonds is 5. The van der Waals surface area contributed by atoms with E-state index in [0.717, 1.165) is 60.5 Å². The van der Waals surface area contributed by atoms with Crippen molar-refractivity contribution in [1.82, 2.24) is 0 Å². The molecule has 0 spiro atoms. The Balaban J connectivity index is 1.25. The fourth-order valence-corrected chi connectivity index (χ4v) is 5.05. The third kappa shape index (κ3) is 4.01. The lowest BCUT2D eigenvalue weighted by Gasteiger charge is -2.37. The van der Waals surface area contributed by atoms with Gasteiger partial charge in [0.25, 0.3) is 0 Å². The van der Waals surface area contributed by atoms with E-state index in [0.29, 0.717) is 0 Å². The molecule has 0 atom stereocenters. The van der Waals surface area contributed by atoms with E-state index < -0.39 is 11.2 Å². The van der Waals surface area contributed by atoms with E-state index in [2.05, 4.69) is 78.9 Å². The van der Waals surface area contributed by atoms with Crippen LogP contribution in [0.4, 0.5) is 0 Å². The van der Waals surface area contributed by atoms with Crippen LogP contribution in [0.15, 0.2) is 99.8 Å². The van der Waals surface area contributed by atoms with Crippen LogP contribution in [0.5, 0.6) is 0 Å². The lowest BCUT2D eigenvalue weighted by atomic mass is 9.82. The average Bonchev–Trinajstić information content (AvgIpc) is 3.46. The molecular formula is C34H28BO4. The second-order valence-electron chi connectivity index (χ2n) is 11.4.